The van der Waals surface area contributed by atoms with E-state index in [4.69, 9.17) is 5.11 Å². The number of piperidine rings is 1. The van der Waals surface area contributed by atoms with E-state index in [9.17, 15) is 4.79 Å². The van der Waals surface area contributed by atoms with Gasteiger partial charge in [-0.05, 0) is 31.1 Å². The lowest BCUT2D eigenvalue weighted by molar-refractivity contribution is -0.129. The van der Waals surface area contributed by atoms with Crippen molar-refractivity contribution in [2.75, 3.05) is 26.2 Å². The van der Waals surface area contributed by atoms with Gasteiger partial charge in [-0.15, -0.1) is 0 Å². The molecule has 0 aromatic heterocycles. The molecular weight excluding hydrogens is 228 g/mol. The van der Waals surface area contributed by atoms with Gasteiger partial charge in [0.2, 0.25) is 5.91 Å². The minimum absolute atomic E-state index is 0.191. The van der Waals surface area contributed by atoms with Gasteiger partial charge in [0.1, 0.15) is 0 Å². The van der Waals surface area contributed by atoms with Crippen molar-refractivity contribution in [2.45, 2.75) is 52.5 Å². The lowest BCUT2D eigenvalue weighted by atomic mass is 9.87. The maximum atomic E-state index is 11.2. The predicted molar refractivity (Wildman–Crippen MR) is 73.4 cm³/mol. The van der Waals surface area contributed by atoms with Crippen molar-refractivity contribution in [1.82, 2.24) is 10.2 Å². The Balaban J connectivity index is 2.23. The molecule has 1 rings (SSSR count). The number of carbonyl (C=O) groups excluding carboxylic acids is 1. The third kappa shape index (κ3) is 5.36. The van der Waals surface area contributed by atoms with Gasteiger partial charge in [0.05, 0.1) is 0 Å². The maximum Gasteiger partial charge on any atom is 0.219 e. The zero-order chi connectivity index (χ0) is 13.6. The fourth-order valence-corrected chi connectivity index (χ4v) is 2.47. The van der Waals surface area contributed by atoms with Crippen LogP contribution in [-0.4, -0.2) is 48.2 Å². The van der Waals surface area contributed by atoms with Crippen molar-refractivity contribution in [3.05, 3.63) is 0 Å². The van der Waals surface area contributed by atoms with E-state index in [0.29, 0.717) is 6.04 Å². The molecule has 1 fully saturated rings. The molecule has 0 spiro atoms. The van der Waals surface area contributed by atoms with E-state index in [1.54, 1.807) is 6.92 Å². The molecule has 0 radical (unpaired) electrons. The predicted octanol–water partition coefficient (Wildman–Crippen LogP) is 1.39. The molecule has 0 aliphatic carbocycles. The number of hydrogen-bond donors (Lipinski definition) is 2. The number of aliphatic hydroxyl groups is 1. The maximum absolute atomic E-state index is 11.2. The molecule has 1 heterocycles. The molecule has 0 bridgehead atoms. The quantitative estimate of drug-likeness (QED) is 0.755. The van der Waals surface area contributed by atoms with Crippen molar-refractivity contribution < 1.29 is 9.90 Å². The van der Waals surface area contributed by atoms with Crippen LogP contribution in [0.15, 0.2) is 0 Å². The van der Waals surface area contributed by atoms with Gasteiger partial charge in [-0.2, -0.15) is 0 Å². The molecular formula is C14H28N2O2. The van der Waals surface area contributed by atoms with E-state index in [0.717, 1.165) is 45.3 Å². The lowest BCUT2D eigenvalue weighted by Crippen LogP contribution is -2.46. The third-order valence-corrected chi connectivity index (χ3v) is 3.82. The first-order valence-electron chi connectivity index (χ1n) is 7.04. The topological polar surface area (TPSA) is 52.6 Å². The Morgan fingerprint density at radius 3 is 2.50 bits per heavy atom. The van der Waals surface area contributed by atoms with Crippen molar-refractivity contribution in [1.29, 1.82) is 0 Å². The fraction of sp³-hybridized carbons (Fsp3) is 0.929. The van der Waals surface area contributed by atoms with Crippen LogP contribution >= 0.6 is 0 Å². The van der Waals surface area contributed by atoms with Crippen molar-refractivity contribution in [2.24, 2.45) is 5.41 Å². The Bertz CT molecular complexity index is 259. The van der Waals surface area contributed by atoms with E-state index in [2.05, 4.69) is 19.2 Å². The summed E-state index contributed by atoms with van der Waals surface area (Å²) in [6.07, 6.45) is 4.02. The Morgan fingerprint density at radius 1 is 1.39 bits per heavy atom. The Hall–Kier alpha value is -0.610. The molecule has 1 saturated heterocycles. The Morgan fingerprint density at radius 2 is 2.00 bits per heavy atom. The van der Waals surface area contributed by atoms with Gasteiger partial charge in [0.25, 0.3) is 0 Å². The molecule has 4 nitrogen and oxygen atoms in total. The van der Waals surface area contributed by atoms with Crippen LogP contribution in [0.4, 0.5) is 0 Å². The summed E-state index contributed by atoms with van der Waals surface area (Å²) in [5.74, 6) is 0.191. The Labute approximate surface area is 111 Å². The highest BCUT2D eigenvalue weighted by atomic mass is 16.2. The molecule has 1 amide bonds. The minimum Gasteiger partial charge on any atom is -0.396 e. The summed E-state index contributed by atoms with van der Waals surface area (Å²) < 4.78 is 0. The van der Waals surface area contributed by atoms with Crippen molar-refractivity contribution in [3.63, 3.8) is 0 Å². The van der Waals surface area contributed by atoms with Crippen LogP contribution in [0.25, 0.3) is 0 Å². The number of rotatable bonds is 6. The molecule has 18 heavy (non-hydrogen) atoms. The summed E-state index contributed by atoms with van der Waals surface area (Å²) in [7, 11) is 0. The summed E-state index contributed by atoms with van der Waals surface area (Å²) in [4.78, 5) is 13.1. The van der Waals surface area contributed by atoms with Gasteiger partial charge in [-0.3, -0.25) is 4.79 Å². The fourth-order valence-electron chi connectivity index (χ4n) is 2.47. The van der Waals surface area contributed by atoms with Crippen LogP contribution in [0.3, 0.4) is 0 Å². The summed E-state index contributed by atoms with van der Waals surface area (Å²) in [6.45, 7) is 9.14. The lowest BCUT2D eigenvalue weighted by Gasteiger charge is -2.34. The second-order valence-electron chi connectivity index (χ2n) is 6.15. The molecule has 1 aliphatic heterocycles. The summed E-state index contributed by atoms with van der Waals surface area (Å²) in [5.41, 5.74) is 0.237. The summed E-state index contributed by atoms with van der Waals surface area (Å²) >= 11 is 0. The standard InChI is InChI=1S/C14H28N2O2/c1-12(18)16-8-5-13(6-9-16)15-11-14(2,3)7-4-10-17/h13,15,17H,4-11H2,1-3H3. The Kier molecular flexibility index (Phi) is 6.09. The van der Waals surface area contributed by atoms with Crippen LogP contribution < -0.4 is 5.32 Å². The zero-order valence-electron chi connectivity index (χ0n) is 12.0. The highest BCUT2D eigenvalue weighted by Crippen LogP contribution is 2.22. The zero-order valence-corrected chi connectivity index (χ0v) is 12.0. The smallest absolute Gasteiger partial charge is 0.219 e. The van der Waals surface area contributed by atoms with E-state index >= 15 is 0 Å². The van der Waals surface area contributed by atoms with Gasteiger partial charge < -0.3 is 15.3 Å². The molecule has 2 N–H and O–H groups in total. The first-order chi connectivity index (χ1) is 8.44. The molecule has 0 saturated carbocycles. The van der Waals surface area contributed by atoms with E-state index < -0.39 is 0 Å². The van der Waals surface area contributed by atoms with Gasteiger partial charge in [0, 0.05) is 39.2 Å². The SMILES string of the molecule is CC(=O)N1CCC(NCC(C)(C)CCCO)CC1. The largest absolute Gasteiger partial charge is 0.396 e. The normalized spacial score (nSPS) is 18.1. The van der Waals surface area contributed by atoms with Gasteiger partial charge >= 0.3 is 0 Å². The number of carbonyl (C=O) groups is 1. The number of amides is 1. The number of nitrogens with one attached hydrogen (secondary N) is 1. The number of hydrogen-bond acceptors (Lipinski definition) is 3. The molecule has 4 heteroatoms. The molecule has 0 aromatic rings. The third-order valence-electron chi connectivity index (χ3n) is 3.82. The van der Waals surface area contributed by atoms with Crippen LogP contribution in [0.5, 0.6) is 0 Å². The second-order valence-corrected chi connectivity index (χ2v) is 6.15. The molecule has 0 aromatic carbocycles. The van der Waals surface area contributed by atoms with E-state index in [1.165, 1.54) is 0 Å². The first kappa shape index (κ1) is 15.4. The highest BCUT2D eigenvalue weighted by molar-refractivity contribution is 5.73. The first-order valence-corrected chi connectivity index (χ1v) is 7.04. The monoisotopic (exact) mass is 256 g/mol. The van der Waals surface area contributed by atoms with Gasteiger partial charge in [-0.25, -0.2) is 0 Å². The molecule has 0 atom stereocenters. The van der Waals surface area contributed by atoms with Crippen molar-refractivity contribution >= 4 is 5.91 Å². The molecule has 1 aliphatic rings. The number of likely N-dealkylation sites (tertiary alicyclic amines) is 1. The highest BCUT2D eigenvalue weighted by Gasteiger charge is 2.23. The average Bonchev–Trinajstić information content (AvgIpc) is 2.35. The summed E-state index contributed by atoms with van der Waals surface area (Å²) in [6, 6.07) is 0.536. The van der Waals surface area contributed by atoms with E-state index in [1.807, 2.05) is 4.90 Å². The second kappa shape index (κ2) is 7.10. The number of nitrogens with zero attached hydrogens (tertiary/aromatic N) is 1. The molecule has 106 valence electrons. The van der Waals surface area contributed by atoms with Crippen molar-refractivity contribution in [3.8, 4) is 0 Å². The average molecular weight is 256 g/mol. The van der Waals surface area contributed by atoms with Crippen LogP contribution in [0.1, 0.15) is 46.5 Å². The minimum atomic E-state index is 0.191. The number of aliphatic hydroxyl groups excluding tert-OH is 1. The van der Waals surface area contributed by atoms with Crippen LogP contribution in [0.2, 0.25) is 0 Å². The van der Waals surface area contributed by atoms with Crippen LogP contribution in [-0.2, 0) is 4.79 Å². The van der Waals surface area contributed by atoms with E-state index in [-0.39, 0.29) is 17.9 Å². The van der Waals surface area contributed by atoms with Gasteiger partial charge in [0.15, 0.2) is 0 Å². The molecule has 0 unspecified atom stereocenters. The van der Waals surface area contributed by atoms with Crippen LogP contribution in [0, 0.1) is 5.41 Å². The summed E-state index contributed by atoms with van der Waals surface area (Å²) in [5, 5.41) is 12.5. The van der Waals surface area contributed by atoms with Gasteiger partial charge in [-0.1, -0.05) is 13.8 Å².